The fourth-order valence-electron chi connectivity index (χ4n) is 2.10. The summed E-state index contributed by atoms with van der Waals surface area (Å²) >= 11 is 3.35. The summed E-state index contributed by atoms with van der Waals surface area (Å²) in [5.74, 6) is -0.769. The van der Waals surface area contributed by atoms with Crippen molar-refractivity contribution in [2.75, 3.05) is 10.7 Å². The molecule has 3 rings (SSSR count). The molecule has 3 aromatic rings. The molecule has 0 aliphatic heterocycles. The Morgan fingerprint density at radius 3 is 2.48 bits per heavy atom. The van der Waals surface area contributed by atoms with Crippen LogP contribution in [0.3, 0.4) is 0 Å². The Balaban J connectivity index is 1.84. The highest BCUT2D eigenvalue weighted by atomic mass is 79.9. The van der Waals surface area contributed by atoms with E-state index in [0.29, 0.717) is 10.2 Å². The fourth-order valence-corrected chi connectivity index (χ4v) is 2.49. The number of halogens is 1. The van der Waals surface area contributed by atoms with Gasteiger partial charge in [0.05, 0.1) is 10.6 Å². The summed E-state index contributed by atoms with van der Waals surface area (Å²) in [5.41, 5.74) is 5.09. The SMILES string of the molecule is O=C(NNc1ncnc(Nc2ccccc2Br)c1[N+](=O)[O-])c1ccccn1. The summed E-state index contributed by atoms with van der Waals surface area (Å²) in [6.07, 6.45) is 2.60. The molecule has 0 saturated heterocycles. The summed E-state index contributed by atoms with van der Waals surface area (Å²) in [5, 5.41) is 14.4. The standard InChI is InChI=1S/C16H12BrN7O3/c17-10-5-1-2-6-11(10)21-14-13(24(26)27)15(20-9-19-14)22-23-16(25)12-7-3-4-8-18-12/h1-9H,(H,23,25)(H2,19,20,21,22). The van der Waals surface area contributed by atoms with Gasteiger partial charge < -0.3 is 5.32 Å². The molecule has 0 fully saturated rings. The Kier molecular flexibility index (Phi) is 5.52. The topological polar surface area (TPSA) is 135 Å². The maximum Gasteiger partial charge on any atom is 0.355 e. The highest BCUT2D eigenvalue weighted by Gasteiger charge is 2.24. The number of benzene rings is 1. The van der Waals surface area contributed by atoms with E-state index in [-0.39, 0.29) is 17.3 Å². The molecule has 1 amide bonds. The minimum absolute atomic E-state index is 0.0310. The molecule has 0 atom stereocenters. The van der Waals surface area contributed by atoms with Crippen molar-refractivity contribution >= 4 is 44.8 Å². The summed E-state index contributed by atoms with van der Waals surface area (Å²) in [4.78, 5) is 34.6. The van der Waals surface area contributed by atoms with Crippen LogP contribution in [0, 0.1) is 10.1 Å². The molecule has 0 spiro atoms. The third kappa shape index (κ3) is 4.33. The molecule has 2 aromatic heterocycles. The predicted octanol–water partition coefficient (Wildman–Crippen LogP) is 3.04. The highest BCUT2D eigenvalue weighted by molar-refractivity contribution is 9.10. The van der Waals surface area contributed by atoms with Gasteiger partial charge in [-0.1, -0.05) is 18.2 Å². The van der Waals surface area contributed by atoms with Crippen LogP contribution < -0.4 is 16.2 Å². The number of rotatable bonds is 6. The number of hydrogen-bond donors (Lipinski definition) is 3. The first-order chi connectivity index (χ1) is 13.1. The molecule has 3 N–H and O–H groups in total. The van der Waals surface area contributed by atoms with Gasteiger partial charge in [-0.25, -0.2) is 9.97 Å². The lowest BCUT2D eigenvalue weighted by molar-refractivity contribution is -0.383. The van der Waals surface area contributed by atoms with E-state index in [1.165, 1.54) is 12.3 Å². The van der Waals surface area contributed by atoms with Gasteiger partial charge in [0.25, 0.3) is 5.91 Å². The molecule has 0 saturated carbocycles. The number of nitrogens with zero attached hydrogens (tertiary/aromatic N) is 4. The van der Waals surface area contributed by atoms with Gasteiger partial charge in [0, 0.05) is 10.7 Å². The third-order valence-corrected chi connectivity index (χ3v) is 4.02. The lowest BCUT2D eigenvalue weighted by Gasteiger charge is -2.11. The molecule has 10 nitrogen and oxygen atoms in total. The van der Waals surface area contributed by atoms with Crippen LogP contribution in [0.4, 0.5) is 23.0 Å². The Hall–Kier alpha value is -3.60. The van der Waals surface area contributed by atoms with E-state index in [4.69, 9.17) is 0 Å². The predicted molar refractivity (Wildman–Crippen MR) is 101 cm³/mol. The molecule has 0 aliphatic carbocycles. The first-order valence-electron chi connectivity index (χ1n) is 7.54. The van der Waals surface area contributed by atoms with E-state index < -0.39 is 16.5 Å². The van der Waals surface area contributed by atoms with Gasteiger partial charge in [-0.2, -0.15) is 0 Å². The van der Waals surface area contributed by atoms with Crippen LogP contribution >= 0.6 is 15.9 Å². The molecule has 1 aromatic carbocycles. The van der Waals surface area contributed by atoms with Crippen molar-refractivity contribution < 1.29 is 9.72 Å². The van der Waals surface area contributed by atoms with E-state index in [1.807, 2.05) is 6.07 Å². The number of carbonyl (C=O) groups excluding carboxylic acids is 1. The second kappa shape index (κ2) is 8.19. The number of nitro groups is 1. The molecule has 27 heavy (non-hydrogen) atoms. The second-order valence-corrected chi connectivity index (χ2v) is 5.93. The van der Waals surface area contributed by atoms with Crippen molar-refractivity contribution in [1.82, 2.24) is 20.4 Å². The van der Waals surface area contributed by atoms with Gasteiger partial charge in [-0.15, -0.1) is 0 Å². The van der Waals surface area contributed by atoms with Gasteiger partial charge in [-0.05, 0) is 40.2 Å². The Morgan fingerprint density at radius 2 is 1.78 bits per heavy atom. The van der Waals surface area contributed by atoms with Crippen molar-refractivity contribution in [3.05, 3.63) is 75.3 Å². The van der Waals surface area contributed by atoms with E-state index in [1.54, 1.807) is 30.3 Å². The van der Waals surface area contributed by atoms with Gasteiger partial charge in [0.2, 0.25) is 11.6 Å². The second-order valence-electron chi connectivity index (χ2n) is 5.08. The molecular weight excluding hydrogens is 418 g/mol. The Bertz CT molecular complexity index is 985. The van der Waals surface area contributed by atoms with Crippen molar-refractivity contribution in [3.63, 3.8) is 0 Å². The monoisotopic (exact) mass is 429 g/mol. The number of carbonyl (C=O) groups is 1. The highest BCUT2D eigenvalue weighted by Crippen LogP contribution is 2.32. The van der Waals surface area contributed by atoms with Crippen molar-refractivity contribution in [1.29, 1.82) is 0 Å². The first-order valence-corrected chi connectivity index (χ1v) is 8.34. The van der Waals surface area contributed by atoms with E-state index in [2.05, 4.69) is 47.1 Å². The van der Waals surface area contributed by atoms with Crippen molar-refractivity contribution in [2.24, 2.45) is 0 Å². The fraction of sp³-hybridized carbons (Fsp3) is 0. The molecule has 0 bridgehead atoms. The first kappa shape index (κ1) is 18.2. The third-order valence-electron chi connectivity index (χ3n) is 3.32. The maximum atomic E-state index is 12.0. The number of pyridine rings is 1. The molecule has 136 valence electrons. The lowest BCUT2D eigenvalue weighted by Crippen LogP contribution is -2.31. The largest absolute Gasteiger partial charge is 0.355 e. The Labute approximate surface area is 161 Å². The average molecular weight is 430 g/mol. The Morgan fingerprint density at radius 1 is 1.04 bits per heavy atom. The van der Waals surface area contributed by atoms with Gasteiger partial charge in [0.15, 0.2) is 0 Å². The number of hydrogen-bond acceptors (Lipinski definition) is 8. The van der Waals surface area contributed by atoms with Crippen LogP contribution in [-0.2, 0) is 0 Å². The average Bonchev–Trinajstić information content (AvgIpc) is 2.68. The van der Waals surface area contributed by atoms with Crippen LogP contribution in [0.25, 0.3) is 0 Å². The number of nitrogens with one attached hydrogen (secondary N) is 3. The zero-order valence-electron chi connectivity index (χ0n) is 13.6. The number of anilines is 3. The van der Waals surface area contributed by atoms with Crippen molar-refractivity contribution in [2.45, 2.75) is 0 Å². The van der Waals surface area contributed by atoms with Crippen LogP contribution in [-0.4, -0.2) is 25.8 Å². The molecule has 0 radical (unpaired) electrons. The van der Waals surface area contributed by atoms with Crippen LogP contribution in [0.15, 0.2) is 59.5 Å². The number of hydrazine groups is 1. The molecule has 0 aliphatic rings. The van der Waals surface area contributed by atoms with Crippen LogP contribution in [0.5, 0.6) is 0 Å². The molecule has 0 unspecified atom stereocenters. The molecular formula is C16H12BrN7O3. The summed E-state index contributed by atoms with van der Waals surface area (Å²) < 4.78 is 0.705. The van der Waals surface area contributed by atoms with Crippen LogP contribution in [0.1, 0.15) is 10.5 Å². The van der Waals surface area contributed by atoms with Gasteiger partial charge in [-0.3, -0.25) is 30.7 Å². The van der Waals surface area contributed by atoms with E-state index >= 15 is 0 Å². The zero-order valence-corrected chi connectivity index (χ0v) is 15.2. The summed E-state index contributed by atoms with van der Waals surface area (Å²) in [6, 6.07) is 11.9. The quantitative estimate of drug-likeness (QED) is 0.401. The normalized spacial score (nSPS) is 10.1. The summed E-state index contributed by atoms with van der Waals surface area (Å²) in [6.45, 7) is 0. The number of amides is 1. The smallest absolute Gasteiger partial charge is 0.333 e. The lowest BCUT2D eigenvalue weighted by atomic mass is 10.3. The van der Waals surface area contributed by atoms with E-state index in [9.17, 15) is 14.9 Å². The maximum absolute atomic E-state index is 12.0. The number of aromatic nitrogens is 3. The minimum Gasteiger partial charge on any atom is -0.333 e. The minimum atomic E-state index is -0.644. The zero-order chi connectivity index (χ0) is 19.2. The number of para-hydroxylation sites is 1. The van der Waals surface area contributed by atoms with Crippen molar-refractivity contribution in [3.8, 4) is 0 Å². The molecule has 2 heterocycles. The van der Waals surface area contributed by atoms with Gasteiger partial charge >= 0.3 is 5.69 Å². The van der Waals surface area contributed by atoms with Crippen LogP contribution in [0.2, 0.25) is 0 Å². The summed E-state index contributed by atoms with van der Waals surface area (Å²) in [7, 11) is 0. The van der Waals surface area contributed by atoms with Gasteiger partial charge in [0.1, 0.15) is 12.0 Å². The van der Waals surface area contributed by atoms with E-state index in [0.717, 1.165) is 6.33 Å². The molecule has 11 heteroatoms.